The van der Waals surface area contributed by atoms with Gasteiger partial charge in [0.15, 0.2) is 5.41 Å². The lowest BCUT2D eigenvalue weighted by molar-refractivity contribution is -0.173. The third-order valence-corrected chi connectivity index (χ3v) is 6.52. The minimum atomic E-state index is -1.35. The zero-order chi connectivity index (χ0) is 20.5. The zero-order valence-corrected chi connectivity index (χ0v) is 17.9. The number of hydrogen-bond donors (Lipinski definition) is 0. The van der Waals surface area contributed by atoms with E-state index >= 15 is 0 Å². The van der Waals surface area contributed by atoms with Crippen LogP contribution in [0.2, 0.25) is 0 Å². The lowest BCUT2D eigenvalue weighted by Crippen LogP contribution is -2.48. The Hall–Kier alpha value is -1.84. The smallest absolute Gasteiger partial charge is 0.328 e. The SMILES string of the molecule is CCCCC(C(=O)OC1CCCCC1)(C(=O)OC1CCCCC1)c1ccccc1. The highest BCUT2D eigenvalue weighted by Gasteiger charge is 2.51. The Morgan fingerprint density at radius 2 is 1.31 bits per heavy atom. The third-order valence-electron chi connectivity index (χ3n) is 6.52. The molecule has 29 heavy (non-hydrogen) atoms. The van der Waals surface area contributed by atoms with E-state index in [4.69, 9.17) is 9.47 Å². The fourth-order valence-corrected chi connectivity index (χ4v) is 4.70. The quantitative estimate of drug-likeness (QED) is 0.405. The van der Waals surface area contributed by atoms with E-state index in [1.54, 1.807) is 0 Å². The number of carbonyl (C=O) groups is 2. The van der Waals surface area contributed by atoms with E-state index in [2.05, 4.69) is 6.92 Å². The van der Waals surface area contributed by atoms with Crippen molar-refractivity contribution in [2.45, 2.75) is 108 Å². The topological polar surface area (TPSA) is 52.6 Å². The second kappa shape index (κ2) is 10.8. The normalized spacial score (nSPS) is 18.9. The van der Waals surface area contributed by atoms with Gasteiger partial charge < -0.3 is 9.47 Å². The fraction of sp³-hybridized carbons (Fsp3) is 0.680. The van der Waals surface area contributed by atoms with E-state index in [-0.39, 0.29) is 12.2 Å². The van der Waals surface area contributed by atoms with Crippen LogP contribution in [0.15, 0.2) is 30.3 Å². The van der Waals surface area contributed by atoms with Crippen molar-refractivity contribution in [3.05, 3.63) is 35.9 Å². The maximum absolute atomic E-state index is 13.6. The van der Waals surface area contributed by atoms with Gasteiger partial charge in [-0.1, -0.05) is 62.9 Å². The minimum Gasteiger partial charge on any atom is -0.461 e. The molecule has 0 unspecified atom stereocenters. The summed E-state index contributed by atoms with van der Waals surface area (Å²) in [5.41, 5.74) is -0.651. The van der Waals surface area contributed by atoms with Crippen LogP contribution >= 0.6 is 0 Å². The summed E-state index contributed by atoms with van der Waals surface area (Å²) in [4.78, 5) is 27.2. The summed E-state index contributed by atoms with van der Waals surface area (Å²) >= 11 is 0. The van der Waals surface area contributed by atoms with Gasteiger partial charge in [0.2, 0.25) is 0 Å². The molecule has 4 nitrogen and oxygen atoms in total. The number of carbonyl (C=O) groups excluding carboxylic acids is 2. The number of esters is 2. The van der Waals surface area contributed by atoms with Crippen LogP contribution < -0.4 is 0 Å². The Bertz CT molecular complexity index is 610. The average Bonchev–Trinajstić information content (AvgIpc) is 2.76. The molecule has 1 aromatic carbocycles. The molecule has 1 aromatic rings. The van der Waals surface area contributed by atoms with Crippen LogP contribution in [0.1, 0.15) is 96.0 Å². The molecule has 0 amide bonds. The molecule has 0 spiro atoms. The number of hydrogen-bond acceptors (Lipinski definition) is 4. The maximum atomic E-state index is 13.6. The summed E-state index contributed by atoms with van der Waals surface area (Å²) in [6.07, 6.45) is 12.2. The highest BCUT2D eigenvalue weighted by molar-refractivity contribution is 6.06. The van der Waals surface area contributed by atoms with Crippen LogP contribution in [-0.2, 0) is 24.5 Å². The molecule has 2 aliphatic rings. The van der Waals surface area contributed by atoms with Gasteiger partial charge in [-0.15, -0.1) is 0 Å². The van der Waals surface area contributed by atoms with Gasteiger partial charge in [0.25, 0.3) is 0 Å². The summed E-state index contributed by atoms with van der Waals surface area (Å²) in [5, 5.41) is 0. The highest BCUT2D eigenvalue weighted by atomic mass is 16.6. The van der Waals surface area contributed by atoms with Gasteiger partial charge >= 0.3 is 11.9 Å². The van der Waals surface area contributed by atoms with Crippen molar-refractivity contribution in [3.8, 4) is 0 Å². The predicted molar refractivity (Wildman–Crippen MR) is 114 cm³/mol. The Labute approximate surface area is 175 Å². The fourth-order valence-electron chi connectivity index (χ4n) is 4.70. The molecule has 0 saturated heterocycles. The summed E-state index contributed by atoms with van der Waals surface area (Å²) in [7, 11) is 0. The number of ether oxygens (including phenoxy) is 2. The second-order valence-electron chi connectivity index (χ2n) is 8.71. The first-order valence-corrected chi connectivity index (χ1v) is 11.6. The molecule has 2 aliphatic carbocycles. The summed E-state index contributed by atoms with van der Waals surface area (Å²) in [5.74, 6) is -0.824. The monoisotopic (exact) mass is 400 g/mol. The Kier molecular flexibility index (Phi) is 8.14. The Balaban J connectivity index is 1.89. The van der Waals surface area contributed by atoms with Crippen LogP contribution in [0, 0.1) is 0 Å². The number of rotatable bonds is 8. The number of benzene rings is 1. The molecule has 160 valence electrons. The molecule has 0 atom stereocenters. The molecule has 0 aromatic heterocycles. The standard InChI is InChI=1S/C25H36O4/c1-2-3-19-25(20-13-7-4-8-14-20,23(26)28-21-15-9-5-10-16-21)24(27)29-22-17-11-6-12-18-22/h4,7-8,13-14,21-22H,2-3,5-6,9-12,15-19H2,1H3. The minimum absolute atomic E-state index is 0.0801. The lowest BCUT2D eigenvalue weighted by atomic mass is 9.76. The van der Waals surface area contributed by atoms with E-state index in [9.17, 15) is 9.59 Å². The van der Waals surface area contributed by atoms with Crippen molar-refractivity contribution >= 4 is 11.9 Å². The molecular formula is C25H36O4. The third kappa shape index (κ3) is 5.40. The molecule has 0 aliphatic heterocycles. The van der Waals surface area contributed by atoms with Crippen LogP contribution in [0.5, 0.6) is 0 Å². The average molecular weight is 401 g/mol. The van der Waals surface area contributed by atoms with Gasteiger partial charge in [-0.05, 0) is 63.4 Å². The van der Waals surface area contributed by atoms with E-state index in [1.165, 1.54) is 12.8 Å². The molecule has 0 bridgehead atoms. The van der Waals surface area contributed by atoms with Crippen LogP contribution in [-0.4, -0.2) is 24.1 Å². The lowest BCUT2D eigenvalue weighted by Gasteiger charge is -2.34. The molecule has 3 rings (SSSR count). The van der Waals surface area contributed by atoms with Crippen molar-refractivity contribution in [1.29, 1.82) is 0 Å². The largest absolute Gasteiger partial charge is 0.461 e. The van der Waals surface area contributed by atoms with Gasteiger partial charge in [0, 0.05) is 0 Å². The summed E-state index contributed by atoms with van der Waals surface area (Å²) < 4.78 is 12.0. The summed E-state index contributed by atoms with van der Waals surface area (Å²) in [6, 6.07) is 9.43. The molecule has 2 saturated carbocycles. The van der Waals surface area contributed by atoms with Gasteiger partial charge in [-0.25, -0.2) is 0 Å². The van der Waals surface area contributed by atoms with Gasteiger partial charge in [0.05, 0.1) is 0 Å². The van der Waals surface area contributed by atoms with Crippen LogP contribution in [0.3, 0.4) is 0 Å². The maximum Gasteiger partial charge on any atom is 0.328 e. The van der Waals surface area contributed by atoms with E-state index in [1.807, 2.05) is 30.3 Å². The molecular weight excluding hydrogens is 364 g/mol. The number of unbranched alkanes of at least 4 members (excludes halogenated alkanes) is 1. The molecule has 2 fully saturated rings. The predicted octanol–water partition coefficient (Wildman–Crippen LogP) is 5.87. The first-order valence-electron chi connectivity index (χ1n) is 11.6. The van der Waals surface area contributed by atoms with E-state index < -0.39 is 17.4 Å². The Morgan fingerprint density at radius 1 is 0.828 bits per heavy atom. The van der Waals surface area contributed by atoms with Gasteiger partial charge in [0.1, 0.15) is 12.2 Å². The van der Waals surface area contributed by atoms with Gasteiger partial charge in [-0.3, -0.25) is 9.59 Å². The summed E-state index contributed by atoms with van der Waals surface area (Å²) in [6.45, 7) is 2.08. The molecule has 4 heteroatoms. The van der Waals surface area contributed by atoms with Crippen molar-refractivity contribution in [3.63, 3.8) is 0 Å². The van der Waals surface area contributed by atoms with Gasteiger partial charge in [-0.2, -0.15) is 0 Å². The molecule has 0 heterocycles. The second-order valence-corrected chi connectivity index (χ2v) is 8.71. The van der Waals surface area contributed by atoms with E-state index in [0.717, 1.165) is 64.2 Å². The molecule has 0 radical (unpaired) electrons. The Morgan fingerprint density at radius 3 is 1.76 bits per heavy atom. The van der Waals surface area contributed by atoms with E-state index in [0.29, 0.717) is 12.0 Å². The zero-order valence-electron chi connectivity index (χ0n) is 17.9. The molecule has 0 N–H and O–H groups in total. The highest BCUT2D eigenvalue weighted by Crippen LogP contribution is 2.36. The van der Waals surface area contributed by atoms with Crippen LogP contribution in [0.4, 0.5) is 0 Å². The van der Waals surface area contributed by atoms with Crippen molar-refractivity contribution < 1.29 is 19.1 Å². The first-order chi connectivity index (χ1) is 14.2. The van der Waals surface area contributed by atoms with Crippen LogP contribution in [0.25, 0.3) is 0 Å². The first kappa shape index (κ1) is 21.9. The van der Waals surface area contributed by atoms with Crippen molar-refractivity contribution in [2.75, 3.05) is 0 Å². The van der Waals surface area contributed by atoms with Crippen molar-refractivity contribution in [1.82, 2.24) is 0 Å². The van der Waals surface area contributed by atoms with Crippen molar-refractivity contribution in [2.24, 2.45) is 0 Å².